The number of nitrogens with one attached hydrogen (secondary N) is 2. The normalized spacial score (nSPS) is 12.4. The molecular weight excluding hydrogens is 470 g/mol. The molecule has 0 unspecified atom stereocenters. The Morgan fingerprint density at radius 2 is 1.91 bits per heavy atom. The minimum absolute atomic E-state index is 0.174. The van der Waals surface area contributed by atoms with Crippen LogP contribution in [0.4, 0.5) is 10.8 Å². The smallest absolute Gasteiger partial charge is 0.257 e. The maximum Gasteiger partial charge on any atom is 0.257 e. The molecule has 0 aliphatic heterocycles. The zero-order valence-corrected chi connectivity index (χ0v) is 19.9. The van der Waals surface area contributed by atoms with Gasteiger partial charge in [0.15, 0.2) is 5.13 Å². The van der Waals surface area contributed by atoms with Crippen LogP contribution in [0.1, 0.15) is 27.9 Å². The molecular formula is C23H21N7O2S2. The molecule has 0 saturated heterocycles. The van der Waals surface area contributed by atoms with E-state index < -0.39 is 0 Å². The molecule has 2 N–H and O–H groups in total. The molecule has 0 radical (unpaired) electrons. The van der Waals surface area contributed by atoms with Gasteiger partial charge in [0.1, 0.15) is 0 Å². The number of anilines is 2. The van der Waals surface area contributed by atoms with Crippen molar-refractivity contribution >= 4 is 45.7 Å². The highest BCUT2D eigenvalue weighted by molar-refractivity contribution is 7.99. The van der Waals surface area contributed by atoms with Crippen molar-refractivity contribution in [1.29, 1.82) is 0 Å². The van der Waals surface area contributed by atoms with Crippen LogP contribution in [0, 0.1) is 0 Å². The number of thioether (sulfide) groups is 1. The van der Waals surface area contributed by atoms with Crippen molar-refractivity contribution in [3.63, 3.8) is 0 Å². The molecule has 34 heavy (non-hydrogen) atoms. The van der Waals surface area contributed by atoms with Gasteiger partial charge in [-0.2, -0.15) is 0 Å². The Morgan fingerprint density at radius 3 is 2.71 bits per heavy atom. The summed E-state index contributed by atoms with van der Waals surface area (Å²) in [4.78, 5) is 29.4. The second-order valence-electron chi connectivity index (χ2n) is 7.83. The fourth-order valence-electron chi connectivity index (χ4n) is 3.74. The van der Waals surface area contributed by atoms with Crippen LogP contribution in [-0.2, 0) is 24.7 Å². The molecule has 4 aromatic rings. The zero-order chi connectivity index (χ0) is 23.5. The van der Waals surface area contributed by atoms with Crippen LogP contribution in [0.5, 0.6) is 0 Å². The molecule has 1 aliphatic carbocycles. The summed E-state index contributed by atoms with van der Waals surface area (Å²) in [6.45, 7) is 0. The second-order valence-corrected chi connectivity index (χ2v) is 9.63. The van der Waals surface area contributed by atoms with E-state index in [4.69, 9.17) is 0 Å². The first-order valence-corrected chi connectivity index (χ1v) is 12.6. The van der Waals surface area contributed by atoms with Gasteiger partial charge < -0.3 is 5.32 Å². The number of fused-ring (bicyclic) bond motifs is 1. The fourth-order valence-corrected chi connectivity index (χ4v) is 5.10. The number of hydrogen-bond donors (Lipinski definition) is 2. The van der Waals surface area contributed by atoms with Gasteiger partial charge in [0.25, 0.3) is 5.91 Å². The lowest BCUT2D eigenvalue weighted by atomic mass is 10.1. The van der Waals surface area contributed by atoms with Crippen LogP contribution < -0.4 is 10.6 Å². The van der Waals surface area contributed by atoms with Gasteiger partial charge in [-0.1, -0.05) is 23.9 Å². The third-order valence-corrected chi connectivity index (χ3v) is 7.23. The summed E-state index contributed by atoms with van der Waals surface area (Å²) in [5.41, 5.74) is 5.84. The van der Waals surface area contributed by atoms with E-state index in [1.165, 1.54) is 45.3 Å². The molecule has 1 aliphatic rings. The monoisotopic (exact) mass is 491 g/mol. The van der Waals surface area contributed by atoms with Gasteiger partial charge in [-0.3, -0.25) is 14.9 Å². The van der Waals surface area contributed by atoms with E-state index in [1.54, 1.807) is 31.3 Å². The molecule has 2 heterocycles. The summed E-state index contributed by atoms with van der Waals surface area (Å²) in [7, 11) is 1.71. The quantitative estimate of drug-likeness (QED) is 0.378. The molecule has 0 spiro atoms. The molecule has 11 heteroatoms. The van der Waals surface area contributed by atoms with E-state index in [1.807, 2.05) is 5.38 Å². The molecule has 2 aromatic heterocycles. The van der Waals surface area contributed by atoms with E-state index in [2.05, 4.69) is 49.3 Å². The van der Waals surface area contributed by atoms with Crippen LogP contribution in [0.2, 0.25) is 0 Å². The van der Waals surface area contributed by atoms with Crippen LogP contribution in [0.25, 0.3) is 11.3 Å². The molecule has 9 nitrogen and oxygen atoms in total. The van der Waals surface area contributed by atoms with E-state index in [0.717, 1.165) is 24.1 Å². The number of thiazole rings is 1. The van der Waals surface area contributed by atoms with Crippen molar-refractivity contribution < 1.29 is 9.59 Å². The van der Waals surface area contributed by atoms with Crippen molar-refractivity contribution in [2.75, 3.05) is 16.4 Å². The number of nitrogens with zero attached hydrogens (tertiary/aromatic N) is 5. The molecule has 172 valence electrons. The van der Waals surface area contributed by atoms with Crippen LogP contribution in [0.3, 0.4) is 0 Å². The van der Waals surface area contributed by atoms with Gasteiger partial charge in [-0.15, -0.1) is 16.4 Å². The summed E-state index contributed by atoms with van der Waals surface area (Å²) in [6, 6.07) is 13.2. The highest BCUT2D eigenvalue weighted by atomic mass is 32.2. The van der Waals surface area contributed by atoms with Crippen LogP contribution >= 0.6 is 23.1 Å². The number of aromatic nitrogens is 5. The van der Waals surface area contributed by atoms with Gasteiger partial charge in [0.2, 0.25) is 11.1 Å². The maximum atomic E-state index is 12.7. The first-order valence-electron chi connectivity index (χ1n) is 10.7. The number of carbonyl (C=O) groups excluding carboxylic acids is 2. The molecule has 0 fully saturated rings. The standard InChI is InChI=1S/C23H21N7O2S2/c1-30-23(27-28-29-30)34-13-20(31)24-18-9-7-15(8-10-18)21(32)26-22-25-19(12-33-22)17-6-5-14-3-2-4-16(14)11-17/h5-12H,2-4,13H2,1H3,(H,24,31)(H,25,26,32). The largest absolute Gasteiger partial charge is 0.325 e. The number of tetrazole rings is 1. The lowest BCUT2D eigenvalue weighted by Crippen LogP contribution is -2.15. The van der Waals surface area contributed by atoms with Gasteiger partial charge >= 0.3 is 0 Å². The summed E-state index contributed by atoms with van der Waals surface area (Å²) in [6.07, 6.45) is 3.47. The average molecular weight is 492 g/mol. The third-order valence-electron chi connectivity index (χ3n) is 5.46. The van der Waals surface area contributed by atoms with Gasteiger partial charge in [-0.25, -0.2) is 9.67 Å². The van der Waals surface area contributed by atoms with E-state index in [9.17, 15) is 9.59 Å². The zero-order valence-electron chi connectivity index (χ0n) is 18.3. The minimum Gasteiger partial charge on any atom is -0.325 e. The number of rotatable bonds is 7. The molecule has 0 saturated carbocycles. The summed E-state index contributed by atoms with van der Waals surface area (Å²) < 4.78 is 1.50. The van der Waals surface area contributed by atoms with Gasteiger partial charge in [0, 0.05) is 29.2 Å². The Balaban J connectivity index is 1.16. The van der Waals surface area contributed by atoms with Gasteiger partial charge in [0.05, 0.1) is 11.4 Å². The second kappa shape index (κ2) is 9.74. The number of amides is 2. The van der Waals surface area contributed by atoms with Crippen LogP contribution in [-0.4, -0.2) is 42.8 Å². The van der Waals surface area contributed by atoms with Crippen molar-refractivity contribution in [3.8, 4) is 11.3 Å². The molecule has 5 rings (SSSR count). The maximum absolute atomic E-state index is 12.7. The summed E-state index contributed by atoms with van der Waals surface area (Å²) in [5, 5.41) is 19.8. The van der Waals surface area contributed by atoms with Crippen molar-refractivity contribution in [2.45, 2.75) is 24.4 Å². The Kier molecular flexibility index (Phi) is 6.37. The topological polar surface area (TPSA) is 115 Å². The molecule has 0 bridgehead atoms. The van der Waals surface area contributed by atoms with Crippen LogP contribution in [0.15, 0.2) is 53.0 Å². The van der Waals surface area contributed by atoms with E-state index >= 15 is 0 Å². The molecule has 2 aromatic carbocycles. The minimum atomic E-state index is -0.252. The third kappa shape index (κ3) is 5.00. The molecule has 2 amide bonds. The van der Waals surface area contributed by atoms with Crippen molar-refractivity contribution in [2.24, 2.45) is 7.05 Å². The average Bonchev–Trinajstić information content (AvgIpc) is 3.59. The lowest BCUT2D eigenvalue weighted by molar-refractivity contribution is -0.113. The highest BCUT2D eigenvalue weighted by Crippen LogP contribution is 2.30. The summed E-state index contributed by atoms with van der Waals surface area (Å²) in [5.74, 6) is -0.266. The SMILES string of the molecule is Cn1nnnc1SCC(=O)Nc1ccc(C(=O)Nc2nc(-c3ccc4c(c3)CCC4)cs2)cc1. The van der Waals surface area contributed by atoms with E-state index in [0.29, 0.717) is 21.5 Å². The Labute approximate surface area is 204 Å². The van der Waals surface area contributed by atoms with E-state index in [-0.39, 0.29) is 17.6 Å². The first kappa shape index (κ1) is 22.2. The van der Waals surface area contributed by atoms with Crippen molar-refractivity contribution in [3.05, 3.63) is 64.5 Å². The number of hydrogen-bond acceptors (Lipinski definition) is 8. The van der Waals surface area contributed by atoms with Crippen molar-refractivity contribution in [1.82, 2.24) is 25.2 Å². The fraction of sp³-hybridized carbons (Fsp3) is 0.217. The Morgan fingerprint density at radius 1 is 1.09 bits per heavy atom. The predicted octanol–water partition coefficient (Wildman–Crippen LogP) is 3.81. The lowest BCUT2D eigenvalue weighted by Gasteiger charge is -2.06. The van der Waals surface area contributed by atoms with Gasteiger partial charge in [-0.05, 0) is 71.1 Å². The number of aryl methyl sites for hydroxylation is 3. The summed E-state index contributed by atoms with van der Waals surface area (Å²) >= 11 is 2.64. The molecule has 0 atom stereocenters. The Hall–Kier alpha value is -3.57. The first-order chi connectivity index (χ1) is 16.5. The Bertz CT molecular complexity index is 1350. The predicted molar refractivity (Wildman–Crippen MR) is 132 cm³/mol. The highest BCUT2D eigenvalue weighted by Gasteiger charge is 2.14. The number of carbonyl (C=O) groups is 2. The number of benzene rings is 2.